The maximum absolute atomic E-state index is 5.36. The Morgan fingerprint density at radius 2 is 2.45 bits per heavy atom. The van der Waals surface area contributed by atoms with Gasteiger partial charge >= 0.3 is 0 Å². The molecule has 2 rings (SSSR count). The molecule has 0 amide bonds. The number of ether oxygens (including phenoxy) is 1. The first kappa shape index (κ1) is 7.31. The molecule has 3 nitrogen and oxygen atoms in total. The van der Waals surface area contributed by atoms with Crippen LogP contribution in [0.1, 0.15) is 6.92 Å². The number of rotatable bonds is 0. The van der Waals surface area contributed by atoms with Gasteiger partial charge in [0.25, 0.3) is 0 Å². The fraction of sp³-hybridized carbons (Fsp3) is 0.571. The monoisotopic (exact) mass is 216 g/mol. The summed E-state index contributed by atoms with van der Waals surface area (Å²) in [6.45, 7) is 1.99. The predicted octanol–water partition coefficient (Wildman–Crippen LogP) is 1.31. The molecule has 0 N–H and O–H groups in total. The van der Waals surface area contributed by atoms with E-state index in [-0.39, 0.29) is 12.3 Å². The zero-order valence-electron chi connectivity index (χ0n) is 6.41. The first-order chi connectivity index (χ1) is 5.18. The van der Waals surface area contributed by atoms with Crippen molar-refractivity contribution in [2.75, 3.05) is 7.05 Å². The number of likely N-dealkylation sites (N-methyl/N-ethyl adjacent to an activating group) is 1. The molecule has 2 unspecified atom stereocenters. The number of hydrogen-bond donors (Lipinski definition) is 0. The molecular weight excluding hydrogens is 208 g/mol. The van der Waals surface area contributed by atoms with Gasteiger partial charge in [-0.3, -0.25) is 0 Å². The lowest BCUT2D eigenvalue weighted by molar-refractivity contribution is 0.268. The van der Waals surface area contributed by atoms with Gasteiger partial charge in [0.15, 0.2) is 6.23 Å². The zero-order chi connectivity index (χ0) is 8.01. The molecule has 1 saturated heterocycles. The maximum atomic E-state index is 5.36. The Hall–Kier alpha value is -0.350. The third-order valence-electron chi connectivity index (χ3n) is 1.87. The highest BCUT2D eigenvalue weighted by molar-refractivity contribution is 9.11. The molecule has 0 aromatic heterocycles. The van der Waals surface area contributed by atoms with Crippen molar-refractivity contribution in [3.8, 4) is 0 Å². The van der Waals surface area contributed by atoms with Crippen LogP contribution in [0.25, 0.3) is 0 Å². The molecule has 0 aliphatic carbocycles. The lowest BCUT2D eigenvalue weighted by atomic mass is 10.3. The van der Waals surface area contributed by atoms with Crippen LogP contribution >= 0.6 is 15.9 Å². The quantitative estimate of drug-likeness (QED) is 0.452. The first-order valence-corrected chi connectivity index (χ1v) is 4.27. The Morgan fingerprint density at radius 1 is 1.73 bits per heavy atom. The maximum Gasteiger partial charge on any atom is 0.162 e. The first-order valence-electron chi connectivity index (χ1n) is 3.48. The molecule has 2 aliphatic heterocycles. The molecule has 1 fully saturated rings. The van der Waals surface area contributed by atoms with Gasteiger partial charge in [-0.2, -0.15) is 0 Å². The van der Waals surface area contributed by atoms with Crippen LogP contribution in [0, 0.1) is 0 Å². The van der Waals surface area contributed by atoms with E-state index in [1.807, 2.05) is 25.1 Å². The van der Waals surface area contributed by atoms with Gasteiger partial charge < -0.3 is 9.64 Å². The van der Waals surface area contributed by atoms with Gasteiger partial charge in [-0.15, -0.1) is 0 Å². The number of aliphatic imine (C=N–C) groups is 1. The standard InChI is InChI=1S/C7H9BrN2O/c1-4-6-7(11-6)10(2)3-5(8)9-4/h3,6-7H,1-2H3. The highest BCUT2D eigenvalue weighted by Crippen LogP contribution is 2.30. The third-order valence-corrected chi connectivity index (χ3v) is 2.26. The Bertz CT molecular complexity index is 249. The summed E-state index contributed by atoms with van der Waals surface area (Å²) < 4.78 is 6.23. The zero-order valence-corrected chi connectivity index (χ0v) is 8.00. The van der Waals surface area contributed by atoms with Crippen molar-refractivity contribution >= 4 is 21.6 Å². The summed E-state index contributed by atoms with van der Waals surface area (Å²) in [6.07, 6.45) is 2.36. The van der Waals surface area contributed by atoms with E-state index in [0.717, 1.165) is 10.3 Å². The summed E-state index contributed by atoms with van der Waals surface area (Å²) in [6, 6.07) is 0. The molecule has 0 bridgehead atoms. The van der Waals surface area contributed by atoms with Gasteiger partial charge in [-0.25, -0.2) is 4.99 Å². The second-order valence-corrected chi connectivity index (χ2v) is 3.63. The molecular formula is C7H9BrN2O. The molecule has 4 heteroatoms. The van der Waals surface area contributed by atoms with Crippen LogP contribution in [0.2, 0.25) is 0 Å². The van der Waals surface area contributed by atoms with Gasteiger partial charge in [-0.05, 0) is 22.9 Å². The lowest BCUT2D eigenvalue weighted by Gasteiger charge is -2.07. The van der Waals surface area contributed by atoms with Crippen LogP contribution in [0.4, 0.5) is 0 Å². The SMILES string of the molecule is CC1=NC(Br)=CN(C)C2OC12. The van der Waals surface area contributed by atoms with Gasteiger partial charge in [0.2, 0.25) is 0 Å². The van der Waals surface area contributed by atoms with E-state index in [2.05, 4.69) is 20.9 Å². The molecule has 60 valence electrons. The second-order valence-electron chi connectivity index (χ2n) is 2.82. The summed E-state index contributed by atoms with van der Waals surface area (Å²) >= 11 is 3.34. The summed E-state index contributed by atoms with van der Waals surface area (Å²) in [5.74, 6) is 0. The van der Waals surface area contributed by atoms with Crippen molar-refractivity contribution in [3.63, 3.8) is 0 Å². The highest BCUT2D eigenvalue weighted by atomic mass is 79.9. The number of epoxide rings is 1. The summed E-state index contributed by atoms with van der Waals surface area (Å²) in [5, 5.41) is 0. The molecule has 11 heavy (non-hydrogen) atoms. The van der Waals surface area contributed by atoms with E-state index in [1.165, 1.54) is 0 Å². The molecule has 0 aromatic carbocycles. The largest absolute Gasteiger partial charge is 0.350 e. The van der Waals surface area contributed by atoms with Gasteiger partial charge in [0, 0.05) is 19.0 Å². The van der Waals surface area contributed by atoms with Crippen LogP contribution < -0.4 is 0 Å². The summed E-state index contributed by atoms with van der Waals surface area (Å²) in [5.41, 5.74) is 1.04. The van der Waals surface area contributed by atoms with Crippen molar-refractivity contribution < 1.29 is 4.74 Å². The Balaban J connectivity index is 2.27. The molecule has 0 aromatic rings. The summed E-state index contributed by atoms with van der Waals surface area (Å²) in [4.78, 5) is 6.30. The summed E-state index contributed by atoms with van der Waals surface area (Å²) in [7, 11) is 1.99. The average molecular weight is 217 g/mol. The minimum Gasteiger partial charge on any atom is -0.350 e. The van der Waals surface area contributed by atoms with Crippen LogP contribution in [-0.4, -0.2) is 30.0 Å². The normalized spacial score (nSPS) is 35.4. The molecule has 2 aliphatic rings. The third kappa shape index (κ3) is 1.20. The van der Waals surface area contributed by atoms with E-state index in [9.17, 15) is 0 Å². The lowest BCUT2D eigenvalue weighted by Crippen LogP contribution is -2.18. The van der Waals surface area contributed by atoms with Crippen LogP contribution in [0.5, 0.6) is 0 Å². The molecule has 0 radical (unpaired) electrons. The fourth-order valence-corrected chi connectivity index (χ4v) is 1.82. The van der Waals surface area contributed by atoms with E-state index < -0.39 is 0 Å². The van der Waals surface area contributed by atoms with Crippen LogP contribution in [0.15, 0.2) is 15.8 Å². The fourth-order valence-electron chi connectivity index (χ4n) is 1.22. The van der Waals surface area contributed by atoms with Gasteiger partial charge in [0.05, 0.1) is 0 Å². The number of nitrogens with zero attached hydrogens (tertiary/aromatic N) is 2. The predicted molar refractivity (Wildman–Crippen MR) is 46.5 cm³/mol. The minimum absolute atomic E-state index is 0.214. The Labute approximate surface area is 73.9 Å². The van der Waals surface area contributed by atoms with Gasteiger partial charge in [-0.1, -0.05) is 0 Å². The minimum atomic E-state index is 0.214. The Morgan fingerprint density at radius 3 is 3.18 bits per heavy atom. The Kier molecular flexibility index (Phi) is 1.54. The number of halogens is 1. The second kappa shape index (κ2) is 2.32. The molecule has 2 atom stereocenters. The van der Waals surface area contributed by atoms with Gasteiger partial charge in [0.1, 0.15) is 10.7 Å². The highest BCUT2D eigenvalue weighted by Gasteiger charge is 2.44. The van der Waals surface area contributed by atoms with E-state index in [1.54, 1.807) is 0 Å². The van der Waals surface area contributed by atoms with Crippen molar-refractivity contribution in [1.82, 2.24) is 4.90 Å². The number of hydrogen-bond acceptors (Lipinski definition) is 3. The average Bonchev–Trinajstić information content (AvgIpc) is 2.62. The van der Waals surface area contributed by atoms with Crippen molar-refractivity contribution in [3.05, 3.63) is 10.8 Å². The van der Waals surface area contributed by atoms with Crippen molar-refractivity contribution in [1.29, 1.82) is 0 Å². The van der Waals surface area contributed by atoms with E-state index in [4.69, 9.17) is 4.74 Å². The van der Waals surface area contributed by atoms with Crippen LogP contribution in [-0.2, 0) is 4.74 Å². The van der Waals surface area contributed by atoms with E-state index >= 15 is 0 Å². The smallest absolute Gasteiger partial charge is 0.162 e. The molecule has 2 heterocycles. The van der Waals surface area contributed by atoms with E-state index in [0.29, 0.717) is 0 Å². The topological polar surface area (TPSA) is 28.1 Å². The number of fused-ring (bicyclic) bond motifs is 1. The van der Waals surface area contributed by atoms with Crippen molar-refractivity contribution in [2.24, 2.45) is 4.99 Å². The van der Waals surface area contributed by atoms with Crippen molar-refractivity contribution in [2.45, 2.75) is 19.3 Å². The molecule has 0 saturated carbocycles. The molecule has 0 spiro atoms. The van der Waals surface area contributed by atoms with Crippen LogP contribution in [0.3, 0.4) is 0 Å².